The molecular weight excluding hydrogens is 681 g/mol. The van der Waals surface area contributed by atoms with Gasteiger partial charge in [-0.1, -0.05) is 120 Å². The molecule has 56 heavy (non-hydrogen) atoms. The van der Waals surface area contributed by atoms with Gasteiger partial charge in [0.05, 0.1) is 0 Å². The first-order chi connectivity index (χ1) is 27.3. The Labute approximate surface area is 327 Å². The van der Waals surface area contributed by atoms with E-state index >= 15 is 0 Å². The van der Waals surface area contributed by atoms with Crippen LogP contribution in [0.15, 0.2) is 170 Å². The second-order valence-electron chi connectivity index (χ2n) is 15.3. The standard InChI is InChI=1S/C54H40O2/c1-33-5-9-37-13-15-42(27-44(37)25-33)53-35(3)7-11-40-19-23-49(31-51(40)53)55-47-21-17-39-18-22-48(30-46(39)29-47)56-50-24-20-41-12-8-36(4)54(52(41)32-50)43-16-14-38-10-6-34(2)26-45(38)28-43/h5-32H,1-4H3. The zero-order valence-corrected chi connectivity index (χ0v) is 32.0. The highest BCUT2D eigenvalue weighted by Crippen LogP contribution is 2.39. The van der Waals surface area contributed by atoms with E-state index in [9.17, 15) is 0 Å². The normalized spacial score (nSPS) is 11.6. The van der Waals surface area contributed by atoms with Crippen LogP contribution in [-0.4, -0.2) is 0 Å². The summed E-state index contributed by atoms with van der Waals surface area (Å²) in [5.41, 5.74) is 9.90. The Morgan fingerprint density at radius 1 is 0.268 bits per heavy atom. The van der Waals surface area contributed by atoms with Crippen molar-refractivity contribution in [3.05, 3.63) is 192 Å². The zero-order chi connectivity index (χ0) is 37.9. The zero-order valence-electron chi connectivity index (χ0n) is 32.0. The molecule has 0 aliphatic rings. The maximum absolute atomic E-state index is 6.58. The van der Waals surface area contributed by atoms with Crippen LogP contribution < -0.4 is 9.47 Å². The Balaban J connectivity index is 0.960. The van der Waals surface area contributed by atoms with Crippen LogP contribution in [0.2, 0.25) is 0 Å². The minimum Gasteiger partial charge on any atom is -0.457 e. The molecule has 268 valence electrons. The number of fused-ring (bicyclic) bond motifs is 5. The molecule has 2 nitrogen and oxygen atoms in total. The number of ether oxygens (including phenoxy) is 2. The third kappa shape index (κ3) is 6.20. The number of hydrogen-bond acceptors (Lipinski definition) is 2. The molecule has 0 bridgehead atoms. The van der Waals surface area contributed by atoms with Crippen LogP contribution in [0.3, 0.4) is 0 Å². The fourth-order valence-electron chi connectivity index (χ4n) is 8.35. The Morgan fingerprint density at radius 2 is 0.607 bits per heavy atom. The predicted octanol–water partition coefficient (Wildman–Crippen LogP) is 15.6. The molecule has 10 rings (SSSR count). The summed E-state index contributed by atoms with van der Waals surface area (Å²) >= 11 is 0. The molecule has 0 radical (unpaired) electrons. The maximum atomic E-state index is 6.58. The lowest BCUT2D eigenvalue weighted by atomic mass is 9.92. The molecule has 0 heterocycles. The molecule has 0 aliphatic heterocycles. The summed E-state index contributed by atoms with van der Waals surface area (Å²) in [6, 6.07) is 60.9. The molecule has 10 aromatic rings. The maximum Gasteiger partial charge on any atom is 0.128 e. The second-order valence-corrected chi connectivity index (χ2v) is 15.3. The van der Waals surface area contributed by atoms with Crippen molar-refractivity contribution >= 4 is 53.9 Å². The fourth-order valence-corrected chi connectivity index (χ4v) is 8.35. The van der Waals surface area contributed by atoms with Crippen molar-refractivity contribution < 1.29 is 9.47 Å². The summed E-state index contributed by atoms with van der Waals surface area (Å²) in [7, 11) is 0. The Hall–Kier alpha value is -6.90. The van der Waals surface area contributed by atoms with Crippen LogP contribution in [0.25, 0.3) is 76.1 Å². The van der Waals surface area contributed by atoms with Crippen molar-refractivity contribution in [3.63, 3.8) is 0 Å². The smallest absolute Gasteiger partial charge is 0.128 e. The molecule has 0 saturated heterocycles. The van der Waals surface area contributed by atoms with Gasteiger partial charge in [0, 0.05) is 0 Å². The number of benzene rings is 10. The lowest BCUT2D eigenvalue weighted by Gasteiger charge is -2.15. The SMILES string of the molecule is Cc1ccc2ccc(-c3c(C)ccc4ccc(Oc5ccc6ccc(Oc7ccc8ccc(C)c(-c9ccc%10ccc(C)cc%10c9)c8c7)cc6c5)cc34)cc2c1. The third-order valence-corrected chi connectivity index (χ3v) is 11.2. The molecule has 0 atom stereocenters. The molecule has 0 amide bonds. The number of aryl methyl sites for hydroxylation is 4. The van der Waals surface area contributed by atoms with Crippen molar-refractivity contribution in [2.24, 2.45) is 0 Å². The molecule has 0 unspecified atom stereocenters. The topological polar surface area (TPSA) is 18.5 Å². The summed E-state index contributed by atoms with van der Waals surface area (Å²) in [6.45, 7) is 8.67. The van der Waals surface area contributed by atoms with Gasteiger partial charge in [-0.15, -0.1) is 0 Å². The largest absolute Gasteiger partial charge is 0.457 e. The van der Waals surface area contributed by atoms with Crippen molar-refractivity contribution in [1.29, 1.82) is 0 Å². The molecular formula is C54H40O2. The third-order valence-electron chi connectivity index (χ3n) is 11.2. The summed E-state index contributed by atoms with van der Waals surface area (Å²) in [5.74, 6) is 3.16. The lowest BCUT2D eigenvalue weighted by molar-refractivity contribution is 0.482. The molecule has 0 saturated carbocycles. The van der Waals surface area contributed by atoms with E-state index in [1.54, 1.807) is 0 Å². The Morgan fingerprint density at radius 3 is 1.05 bits per heavy atom. The van der Waals surface area contributed by atoms with Gasteiger partial charge in [-0.25, -0.2) is 0 Å². The highest BCUT2D eigenvalue weighted by Gasteiger charge is 2.13. The van der Waals surface area contributed by atoms with Gasteiger partial charge in [0.2, 0.25) is 0 Å². The summed E-state index contributed by atoms with van der Waals surface area (Å²) in [6.07, 6.45) is 0. The van der Waals surface area contributed by atoms with Crippen LogP contribution in [0, 0.1) is 27.7 Å². The summed E-state index contributed by atoms with van der Waals surface area (Å²) in [5, 5.41) is 11.9. The molecule has 2 heteroatoms. The predicted molar refractivity (Wildman–Crippen MR) is 237 cm³/mol. The summed E-state index contributed by atoms with van der Waals surface area (Å²) < 4.78 is 13.2. The lowest BCUT2D eigenvalue weighted by Crippen LogP contribution is -1.90. The molecule has 0 aromatic heterocycles. The van der Waals surface area contributed by atoms with E-state index in [4.69, 9.17) is 9.47 Å². The highest BCUT2D eigenvalue weighted by atomic mass is 16.5. The molecule has 0 spiro atoms. The van der Waals surface area contributed by atoms with Gasteiger partial charge in [0.15, 0.2) is 0 Å². The quantitative estimate of drug-likeness (QED) is 0.170. The minimum absolute atomic E-state index is 0.779. The Kier molecular flexibility index (Phi) is 8.08. The van der Waals surface area contributed by atoms with Gasteiger partial charge in [-0.05, 0) is 176 Å². The first-order valence-electron chi connectivity index (χ1n) is 19.3. The number of hydrogen-bond donors (Lipinski definition) is 0. The van der Waals surface area contributed by atoms with Crippen LogP contribution in [0.1, 0.15) is 22.3 Å². The van der Waals surface area contributed by atoms with Crippen molar-refractivity contribution in [2.75, 3.05) is 0 Å². The Bertz CT molecular complexity index is 2980. The van der Waals surface area contributed by atoms with E-state index in [0.717, 1.165) is 33.8 Å². The monoisotopic (exact) mass is 720 g/mol. The average molecular weight is 721 g/mol. The van der Waals surface area contributed by atoms with E-state index in [1.807, 2.05) is 12.1 Å². The van der Waals surface area contributed by atoms with Gasteiger partial charge in [0.25, 0.3) is 0 Å². The second kappa shape index (κ2) is 13.4. The van der Waals surface area contributed by atoms with E-state index in [0.29, 0.717) is 0 Å². The van der Waals surface area contributed by atoms with Gasteiger partial charge < -0.3 is 9.47 Å². The first-order valence-corrected chi connectivity index (χ1v) is 19.3. The summed E-state index contributed by atoms with van der Waals surface area (Å²) in [4.78, 5) is 0. The minimum atomic E-state index is 0.779. The molecule has 10 aromatic carbocycles. The van der Waals surface area contributed by atoms with Crippen LogP contribution in [0.5, 0.6) is 23.0 Å². The van der Waals surface area contributed by atoms with Gasteiger partial charge in [0.1, 0.15) is 23.0 Å². The first kappa shape index (κ1) is 33.7. The molecule has 0 N–H and O–H groups in total. The number of rotatable bonds is 6. The van der Waals surface area contributed by atoms with E-state index in [2.05, 4.69) is 185 Å². The van der Waals surface area contributed by atoms with Crippen molar-refractivity contribution in [2.45, 2.75) is 27.7 Å². The van der Waals surface area contributed by atoms with Gasteiger partial charge >= 0.3 is 0 Å². The van der Waals surface area contributed by atoms with Crippen molar-refractivity contribution in [1.82, 2.24) is 0 Å². The van der Waals surface area contributed by atoms with E-state index in [-0.39, 0.29) is 0 Å². The average Bonchev–Trinajstić information content (AvgIpc) is 3.20. The molecule has 0 fully saturated rings. The van der Waals surface area contributed by atoms with E-state index in [1.165, 1.54) is 87.6 Å². The fraction of sp³-hybridized carbons (Fsp3) is 0.0741. The highest BCUT2D eigenvalue weighted by molar-refractivity contribution is 6.02. The van der Waals surface area contributed by atoms with Gasteiger partial charge in [-0.3, -0.25) is 0 Å². The molecule has 0 aliphatic carbocycles. The van der Waals surface area contributed by atoms with Gasteiger partial charge in [-0.2, -0.15) is 0 Å². The van der Waals surface area contributed by atoms with Crippen molar-refractivity contribution in [3.8, 4) is 45.3 Å². The van der Waals surface area contributed by atoms with Crippen LogP contribution >= 0.6 is 0 Å². The van der Waals surface area contributed by atoms with Crippen LogP contribution in [0.4, 0.5) is 0 Å². The van der Waals surface area contributed by atoms with E-state index < -0.39 is 0 Å². The van der Waals surface area contributed by atoms with Crippen LogP contribution in [-0.2, 0) is 0 Å².